The van der Waals surface area contributed by atoms with Gasteiger partial charge in [0, 0.05) is 11.3 Å². The van der Waals surface area contributed by atoms with Gasteiger partial charge in [0.05, 0.1) is 0 Å². The molecule has 0 saturated carbocycles. The predicted octanol–water partition coefficient (Wildman–Crippen LogP) is 3.14. The van der Waals surface area contributed by atoms with Crippen molar-refractivity contribution in [1.29, 1.82) is 0 Å². The SMILES string of the molecule is C[C@@H](OC(=O)CNC(=O)c1ccccc1)C(=O)Nc1ccc2ccccc2c1. The molecule has 3 aromatic rings. The molecule has 0 saturated heterocycles. The maximum Gasteiger partial charge on any atom is 0.326 e. The number of ether oxygens (including phenoxy) is 1. The van der Waals surface area contributed by atoms with Crippen LogP contribution in [0.5, 0.6) is 0 Å². The van der Waals surface area contributed by atoms with E-state index in [0.29, 0.717) is 11.3 Å². The van der Waals surface area contributed by atoms with Gasteiger partial charge in [-0.3, -0.25) is 14.4 Å². The van der Waals surface area contributed by atoms with Crippen LogP contribution in [0.4, 0.5) is 5.69 Å². The highest BCUT2D eigenvalue weighted by Gasteiger charge is 2.18. The normalized spacial score (nSPS) is 11.5. The zero-order chi connectivity index (χ0) is 19.9. The second-order valence-electron chi connectivity index (χ2n) is 6.23. The summed E-state index contributed by atoms with van der Waals surface area (Å²) in [5.74, 6) is -1.52. The molecule has 142 valence electrons. The third kappa shape index (κ3) is 4.94. The molecular formula is C22H20N2O4. The Morgan fingerprint density at radius 2 is 1.57 bits per heavy atom. The molecule has 6 heteroatoms. The fraction of sp³-hybridized carbons (Fsp3) is 0.136. The molecule has 28 heavy (non-hydrogen) atoms. The molecule has 0 fully saturated rings. The standard InChI is InChI=1S/C22H20N2O4/c1-15(28-20(25)14-23-22(27)17-8-3-2-4-9-17)21(26)24-19-12-11-16-7-5-6-10-18(16)13-19/h2-13,15H,14H2,1H3,(H,23,27)(H,24,26)/t15-/m1/s1. The van der Waals surface area contributed by atoms with Gasteiger partial charge in [0.1, 0.15) is 6.54 Å². The summed E-state index contributed by atoms with van der Waals surface area (Å²) >= 11 is 0. The number of fused-ring (bicyclic) bond motifs is 1. The molecule has 3 rings (SSSR count). The van der Waals surface area contributed by atoms with E-state index in [0.717, 1.165) is 10.8 Å². The van der Waals surface area contributed by atoms with Crippen molar-refractivity contribution in [1.82, 2.24) is 5.32 Å². The summed E-state index contributed by atoms with van der Waals surface area (Å²) in [6.07, 6.45) is -0.993. The maximum atomic E-state index is 12.3. The van der Waals surface area contributed by atoms with Gasteiger partial charge in [-0.05, 0) is 42.0 Å². The van der Waals surface area contributed by atoms with Gasteiger partial charge in [-0.15, -0.1) is 0 Å². The van der Waals surface area contributed by atoms with Crippen LogP contribution in [0.3, 0.4) is 0 Å². The summed E-state index contributed by atoms with van der Waals surface area (Å²) in [5, 5.41) is 7.25. The smallest absolute Gasteiger partial charge is 0.326 e. The minimum absolute atomic E-state index is 0.318. The monoisotopic (exact) mass is 376 g/mol. The van der Waals surface area contributed by atoms with Crippen molar-refractivity contribution < 1.29 is 19.1 Å². The Bertz CT molecular complexity index is 1000. The van der Waals surface area contributed by atoms with Crippen LogP contribution in [0, 0.1) is 0 Å². The van der Waals surface area contributed by atoms with E-state index in [1.54, 1.807) is 36.4 Å². The molecule has 0 aromatic heterocycles. The lowest BCUT2D eigenvalue weighted by Gasteiger charge is -2.14. The highest BCUT2D eigenvalue weighted by atomic mass is 16.5. The van der Waals surface area contributed by atoms with E-state index in [1.165, 1.54) is 6.92 Å². The van der Waals surface area contributed by atoms with Crippen molar-refractivity contribution >= 4 is 34.2 Å². The zero-order valence-electron chi connectivity index (χ0n) is 15.3. The second kappa shape index (κ2) is 8.81. The molecule has 3 aromatic carbocycles. The number of hydrogen-bond acceptors (Lipinski definition) is 4. The van der Waals surface area contributed by atoms with Crippen molar-refractivity contribution in [3.63, 3.8) is 0 Å². The van der Waals surface area contributed by atoms with Gasteiger partial charge < -0.3 is 15.4 Å². The summed E-state index contributed by atoms with van der Waals surface area (Å²) in [5.41, 5.74) is 1.06. The van der Waals surface area contributed by atoms with Crippen molar-refractivity contribution in [2.45, 2.75) is 13.0 Å². The number of nitrogens with one attached hydrogen (secondary N) is 2. The van der Waals surface area contributed by atoms with Gasteiger partial charge >= 0.3 is 5.97 Å². The Morgan fingerprint density at radius 3 is 2.32 bits per heavy atom. The lowest BCUT2D eigenvalue weighted by Crippen LogP contribution is -2.35. The van der Waals surface area contributed by atoms with Crippen molar-refractivity contribution in [3.05, 3.63) is 78.4 Å². The third-order valence-corrected chi connectivity index (χ3v) is 4.12. The van der Waals surface area contributed by atoms with E-state index >= 15 is 0 Å². The van der Waals surface area contributed by atoms with Crippen LogP contribution in [-0.2, 0) is 14.3 Å². The minimum Gasteiger partial charge on any atom is -0.451 e. The molecule has 1 atom stereocenters. The van der Waals surface area contributed by atoms with Crippen LogP contribution in [0.25, 0.3) is 10.8 Å². The van der Waals surface area contributed by atoms with E-state index in [4.69, 9.17) is 4.74 Å². The Morgan fingerprint density at radius 1 is 0.893 bits per heavy atom. The van der Waals surface area contributed by atoms with Crippen LogP contribution >= 0.6 is 0 Å². The Kier molecular flexibility index (Phi) is 6.01. The first kappa shape index (κ1) is 19.1. The highest BCUT2D eigenvalue weighted by molar-refractivity contribution is 5.98. The van der Waals surface area contributed by atoms with Gasteiger partial charge in [0.25, 0.3) is 11.8 Å². The molecule has 2 N–H and O–H groups in total. The predicted molar refractivity (Wildman–Crippen MR) is 107 cm³/mol. The van der Waals surface area contributed by atoms with E-state index in [9.17, 15) is 14.4 Å². The van der Waals surface area contributed by atoms with Gasteiger partial charge in [0.2, 0.25) is 0 Å². The largest absolute Gasteiger partial charge is 0.451 e. The molecule has 0 bridgehead atoms. The van der Waals surface area contributed by atoms with E-state index < -0.39 is 18.0 Å². The number of rotatable bonds is 6. The first-order valence-corrected chi connectivity index (χ1v) is 8.85. The minimum atomic E-state index is -0.993. The van der Waals surface area contributed by atoms with Crippen molar-refractivity contribution in [3.8, 4) is 0 Å². The fourth-order valence-corrected chi connectivity index (χ4v) is 2.65. The van der Waals surface area contributed by atoms with E-state index in [-0.39, 0.29) is 12.5 Å². The average Bonchev–Trinajstić information content (AvgIpc) is 2.72. The van der Waals surface area contributed by atoms with Crippen LogP contribution in [0.1, 0.15) is 17.3 Å². The maximum absolute atomic E-state index is 12.3. The number of carbonyl (C=O) groups excluding carboxylic acids is 3. The van der Waals surface area contributed by atoms with E-state index in [2.05, 4.69) is 10.6 Å². The van der Waals surface area contributed by atoms with Crippen molar-refractivity contribution in [2.75, 3.05) is 11.9 Å². The Hall–Kier alpha value is -3.67. The van der Waals surface area contributed by atoms with Crippen LogP contribution in [0.2, 0.25) is 0 Å². The van der Waals surface area contributed by atoms with Gasteiger partial charge in [-0.1, -0.05) is 48.5 Å². The fourth-order valence-electron chi connectivity index (χ4n) is 2.65. The summed E-state index contributed by atoms with van der Waals surface area (Å²) in [6.45, 7) is 1.16. The van der Waals surface area contributed by atoms with Crippen LogP contribution < -0.4 is 10.6 Å². The highest BCUT2D eigenvalue weighted by Crippen LogP contribution is 2.19. The number of hydrogen-bond donors (Lipinski definition) is 2. The Labute approximate surface area is 162 Å². The average molecular weight is 376 g/mol. The molecule has 6 nitrogen and oxygen atoms in total. The molecule has 0 aliphatic rings. The summed E-state index contributed by atoms with van der Waals surface area (Å²) < 4.78 is 5.09. The van der Waals surface area contributed by atoms with Crippen LogP contribution in [0.15, 0.2) is 72.8 Å². The molecule has 0 unspecified atom stereocenters. The number of carbonyl (C=O) groups is 3. The quantitative estimate of drug-likeness (QED) is 0.648. The van der Waals surface area contributed by atoms with Crippen LogP contribution in [-0.4, -0.2) is 30.4 Å². The van der Waals surface area contributed by atoms with Crippen molar-refractivity contribution in [2.24, 2.45) is 0 Å². The first-order valence-electron chi connectivity index (χ1n) is 8.85. The van der Waals surface area contributed by atoms with Gasteiger partial charge in [-0.25, -0.2) is 0 Å². The molecule has 0 heterocycles. The van der Waals surface area contributed by atoms with Gasteiger partial charge in [0.15, 0.2) is 6.10 Å². The number of esters is 1. The molecule has 0 aliphatic carbocycles. The molecule has 0 aliphatic heterocycles. The number of amides is 2. The van der Waals surface area contributed by atoms with Gasteiger partial charge in [-0.2, -0.15) is 0 Å². The summed E-state index contributed by atoms with van der Waals surface area (Å²) in [7, 11) is 0. The summed E-state index contributed by atoms with van der Waals surface area (Å²) in [4.78, 5) is 36.1. The number of benzene rings is 3. The molecule has 0 spiro atoms. The zero-order valence-corrected chi connectivity index (χ0v) is 15.3. The molecule has 0 radical (unpaired) electrons. The topological polar surface area (TPSA) is 84.5 Å². The lowest BCUT2D eigenvalue weighted by atomic mass is 10.1. The lowest BCUT2D eigenvalue weighted by molar-refractivity contribution is -0.152. The summed E-state index contributed by atoms with van der Waals surface area (Å²) in [6, 6.07) is 21.9. The third-order valence-electron chi connectivity index (χ3n) is 4.12. The Balaban J connectivity index is 1.50. The second-order valence-corrected chi connectivity index (χ2v) is 6.23. The number of anilines is 1. The molecular weight excluding hydrogens is 356 g/mol. The van der Waals surface area contributed by atoms with E-state index in [1.807, 2.05) is 36.4 Å². The first-order chi connectivity index (χ1) is 13.5. The molecule has 2 amide bonds.